The standard InChI is InChI=1S/C9H8F3NO2/c1-6(13(14)15)7-2-4-8(5-3-7)9(10,11)12/h2-6H,1H3. The van der Waals surface area contributed by atoms with E-state index in [2.05, 4.69) is 0 Å². The summed E-state index contributed by atoms with van der Waals surface area (Å²) in [4.78, 5) is 9.81. The van der Waals surface area contributed by atoms with Gasteiger partial charge in [0.25, 0.3) is 0 Å². The minimum atomic E-state index is -4.41. The normalized spacial score (nSPS) is 13.6. The summed E-state index contributed by atoms with van der Waals surface area (Å²) in [6.45, 7) is 1.32. The van der Waals surface area contributed by atoms with Gasteiger partial charge in [0, 0.05) is 17.4 Å². The molecule has 1 rings (SSSR count). The van der Waals surface area contributed by atoms with Gasteiger partial charge in [-0.15, -0.1) is 0 Å². The molecule has 0 saturated heterocycles. The van der Waals surface area contributed by atoms with E-state index in [-0.39, 0.29) is 5.56 Å². The molecule has 1 unspecified atom stereocenters. The third-order valence-corrected chi connectivity index (χ3v) is 2.04. The molecule has 15 heavy (non-hydrogen) atoms. The average molecular weight is 219 g/mol. The van der Waals surface area contributed by atoms with Gasteiger partial charge in [0.2, 0.25) is 6.04 Å². The Kier molecular flexibility index (Phi) is 2.97. The molecule has 3 nitrogen and oxygen atoms in total. The van der Waals surface area contributed by atoms with Gasteiger partial charge in [-0.2, -0.15) is 13.2 Å². The molecule has 0 heterocycles. The quantitative estimate of drug-likeness (QED) is 0.566. The summed E-state index contributed by atoms with van der Waals surface area (Å²) in [6.07, 6.45) is -4.41. The van der Waals surface area contributed by atoms with E-state index >= 15 is 0 Å². The van der Waals surface area contributed by atoms with Crippen LogP contribution in [0.4, 0.5) is 13.2 Å². The predicted octanol–water partition coefficient (Wildman–Crippen LogP) is 3.04. The van der Waals surface area contributed by atoms with E-state index in [1.165, 1.54) is 6.92 Å². The van der Waals surface area contributed by atoms with Crippen molar-refractivity contribution in [1.29, 1.82) is 0 Å². The van der Waals surface area contributed by atoms with Crippen molar-refractivity contribution in [3.8, 4) is 0 Å². The molecule has 0 saturated carbocycles. The van der Waals surface area contributed by atoms with Crippen molar-refractivity contribution in [3.05, 3.63) is 45.5 Å². The Hall–Kier alpha value is -1.59. The molecule has 0 aromatic heterocycles. The zero-order chi connectivity index (χ0) is 11.6. The van der Waals surface area contributed by atoms with Crippen LogP contribution < -0.4 is 0 Å². The van der Waals surface area contributed by atoms with Crippen molar-refractivity contribution in [2.45, 2.75) is 19.1 Å². The zero-order valence-corrected chi connectivity index (χ0v) is 7.78. The van der Waals surface area contributed by atoms with Gasteiger partial charge in [0.05, 0.1) is 5.56 Å². The molecule has 0 aliphatic carbocycles. The summed E-state index contributed by atoms with van der Waals surface area (Å²) in [7, 11) is 0. The first-order chi connectivity index (χ1) is 6.82. The highest BCUT2D eigenvalue weighted by atomic mass is 19.4. The fourth-order valence-electron chi connectivity index (χ4n) is 1.07. The van der Waals surface area contributed by atoms with Gasteiger partial charge in [-0.25, -0.2) is 0 Å². The summed E-state index contributed by atoms with van der Waals surface area (Å²) >= 11 is 0. The first-order valence-electron chi connectivity index (χ1n) is 4.13. The first kappa shape index (κ1) is 11.5. The molecule has 0 N–H and O–H groups in total. The molecular formula is C9H8F3NO2. The maximum atomic E-state index is 12.1. The zero-order valence-electron chi connectivity index (χ0n) is 7.78. The van der Waals surface area contributed by atoms with Crippen molar-refractivity contribution in [1.82, 2.24) is 0 Å². The number of halogens is 3. The van der Waals surface area contributed by atoms with Crippen molar-refractivity contribution in [2.24, 2.45) is 0 Å². The van der Waals surface area contributed by atoms with Gasteiger partial charge in [-0.3, -0.25) is 10.1 Å². The van der Waals surface area contributed by atoms with Gasteiger partial charge >= 0.3 is 6.18 Å². The predicted molar refractivity (Wildman–Crippen MR) is 46.9 cm³/mol. The van der Waals surface area contributed by atoms with E-state index in [0.29, 0.717) is 0 Å². The van der Waals surface area contributed by atoms with Crippen LogP contribution in [0.1, 0.15) is 24.1 Å². The highest BCUT2D eigenvalue weighted by Crippen LogP contribution is 2.30. The fourth-order valence-corrected chi connectivity index (χ4v) is 1.07. The van der Waals surface area contributed by atoms with Crippen molar-refractivity contribution in [3.63, 3.8) is 0 Å². The lowest BCUT2D eigenvalue weighted by atomic mass is 10.1. The lowest BCUT2D eigenvalue weighted by molar-refractivity contribution is -0.524. The van der Waals surface area contributed by atoms with Crippen LogP contribution in [0, 0.1) is 10.1 Å². The second-order valence-electron chi connectivity index (χ2n) is 3.08. The highest BCUT2D eigenvalue weighted by Gasteiger charge is 2.30. The molecule has 0 aliphatic heterocycles. The Bertz CT molecular complexity index is 359. The Morgan fingerprint density at radius 2 is 1.73 bits per heavy atom. The summed E-state index contributed by atoms with van der Waals surface area (Å²) < 4.78 is 36.4. The van der Waals surface area contributed by atoms with Gasteiger partial charge < -0.3 is 0 Å². The largest absolute Gasteiger partial charge is 0.416 e. The SMILES string of the molecule is CC(c1ccc(C(F)(F)F)cc1)[N+](=O)[O-]. The number of alkyl halides is 3. The Balaban J connectivity index is 2.95. The van der Waals surface area contributed by atoms with Crippen molar-refractivity contribution in [2.75, 3.05) is 0 Å². The molecule has 1 aromatic carbocycles. The van der Waals surface area contributed by atoms with Crippen molar-refractivity contribution < 1.29 is 18.1 Å². The summed E-state index contributed by atoms with van der Waals surface area (Å²) in [6, 6.07) is 2.93. The number of hydrogen-bond donors (Lipinski definition) is 0. The van der Waals surface area contributed by atoms with Crippen LogP contribution in [0.25, 0.3) is 0 Å². The molecule has 0 spiro atoms. The second-order valence-corrected chi connectivity index (χ2v) is 3.08. The molecule has 1 aromatic rings. The third-order valence-electron chi connectivity index (χ3n) is 2.04. The first-order valence-corrected chi connectivity index (χ1v) is 4.13. The monoisotopic (exact) mass is 219 g/mol. The van der Waals surface area contributed by atoms with E-state index in [9.17, 15) is 23.3 Å². The lowest BCUT2D eigenvalue weighted by Crippen LogP contribution is -2.08. The number of hydrogen-bond acceptors (Lipinski definition) is 2. The summed E-state index contributed by atoms with van der Waals surface area (Å²) in [5, 5.41) is 10.4. The highest BCUT2D eigenvalue weighted by molar-refractivity contribution is 5.25. The van der Waals surface area contributed by atoms with E-state index in [1.54, 1.807) is 0 Å². The van der Waals surface area contributed by atoms with Crippen LogP contribution in [-0.4, -0.2) is 4.92 Å². The van der Waals surface area contributed by atoms with E-state index < -0.39 is 22.7 Å². The molecule has 6 heteroatoms. The summed E-state index contributed by atoms with van der Waals surface area (Å²) in [5.41, 5.74) is -0.546. The van der Waals surface area contributed by atoms with Crippen LogP contribution >= 0.6 is 0 Å². The Morgan fingerprint density at radius 1 is 1.27 bits per heavy atom. The fraction of sp³-hybridized carbons (Fsp3) is 0.333. The van der Waals surface area contributed by atoms with Gasteiger partial charge in [0.15, 0.2) is 0 Å². The second kappa shape index (κ2) is 3.88. The maximum absolute atomic E-state index is 12.1. The molecular weight excluding hydrogens is 211 g/mol. The molecule has 0 amide bonds. The van der Waals surface area contributed by atoms with Crippen LogP contribution in [0.3, 0.4) is 0 Å². The number of rotatable bonds is 2. The van der Waals surface area contributed by atoms with E-state index in [0.717, 1.165) is 24.3 Å². The minimum absolute atomic E-state index is 0.257. The Labute approximate surface area is 83.7 Å². The van der Waals surface area contributed by atoms with E-state index in [4.69, 9.17) is 0 Å². The van der Waals surface area contributed by atoms with Crippen LogP contribution in [-0.2, 0) is 6.18 Å². The minimum Gasteiger partial charge on any atom is -0.264 e. The van der Waals surface area contributed by atoms with Crippen LogP contribution in [0.5, 0.6) is 0 Å². The van der Waals surface area contributed by atoms with Gasteiger partial charge in [-0.05, 0) is 12.1 Å². The summed E-state index contributed by atoms with van der Waals surface area (Å²) in [5.74, 6) is 0. The van der Waals surface area contributed by atoms with Gasteiger partial charge in [0.1, 0.15) is 0 Å². The van der Waals surface area contributed by atoms with Crippen molar-refractivity contribution >= 4 is 0 Å². The smallest absolute Gasteiger partial charge is 0.264 e. The lowest BCUT2D eigenvalue weighted by Gasteiger charge is -2.08. The topological polar surface area (TPSA) is 43.1 Å². The molecule has 0 bridgehead atoms. The average Bonchev–Trinajstić information content (AvgIpc) is 2.15. The molecule has 0 aliphatic rings. The molecule has 0 radical (unpaired) electrons. The Morgan fingerprint density at radius 3 is 2.07 bits per heavy atom. The maximum Gasteiger partial charge on any atom is 0.416 e. The van der Waals surface area contributed by atoms with Crippen LogP contribution in [0.2, 0.25) is 0 Å². The number of nitro groups is 1. The van der Waals surface area contributed by atoms with Gasteiger partial charge in [-0.1, -0.05) is 12.1 Å². The number of nitrogens with zero attached hydrogens (tertiary/aromatic N) is 1. The van der Waals surface area contributed by atoms with E-state index in [1.807, 2.05) is 0 Å². The molecule has 1 atom stereocenters. The van der Waals surface area contributed by atoms with Crippen LogP contribution in [0.15, 0.2) is 24.3 Å². The molecule has 0 fully saturated rings. The molecule has 82 valence electrons. The third kappa shape index (κ3) is 2.68. The number of benzene rings is 1.